The highest BCUT2D eigenvalue weighted by atomic mass is 16.7. The number of primary amides is 3. The van der Waals surface area contributed by atoms with Crippen molar-refractivity contribution in [2.24, 2.45) is 35.0 Å². The summed E-state index contributed by atoms with van der Waals surface area (Å²) in [6, 6.07) is 18.2. The molecule has 3 unspecified atom stereocenters. The smallest absolute Gasteiger partial charge is 0.404 e. The van der Waals surface area contributed by atoms with Crippen molar-refractivity contribution in [1.82, 2.24) is 0 Å². The molecule has 12 atom stereocenters. The molecular weight excluding hydrogens is 1360 g/mol. The minimum atomic E-state index is -1.35. The molecule has 3 amide bonds. The van der Waals surface area contributed by atoms with Crippen molar-refractivity contribution < 1.29 is 115 Å². The normalized spacial score (nSPS) is 23.7. The Bertz CT molecular complexity index is 4660. The van der Waals surface area contributed by atoms with E-state index >= 15 is 0 Å². The van der Waals surface area contributed by atoms with Crippen LogP contribution in [0, 0.1) is 24.7 Å². The minimum absolute atomic E-state index is 0.0233. The predicted molar refractivity (Wildman–Crippen MR) is 371 cm³/mol. The number of phenols is 1. The number of Topliss-reactive ketones (excluding diaryl/α,β-unsaturated/α-hetero) is 3. The summed E-state index contributed by atoms with van der Waals surface area (Å²) in [7, 11) is 0. The van der Waals surface area contributed by atoms with Crippen molar-refractivity contribution in [2.45, 2.75) is 195 Å². The van der Waals surface area contributed by atoms with Crippen molar-refractivity contribution in [3.05, 3.63) is 149 Å². The first-order valence-electron chi connectivity index (χ1n) is 33.1. The maximum Gasteiger partial charge on any atom is 0.404 e. The van der Waals surface area contributed by atoms with Gasteiger partial charge < -0.3 is 104 Å². The topological polar surface area (TPSA) is 476 Å². The Labute approximate surface area is 595 Å². The molecule has 7 aromatic rings. The molecule has 0 aliphatic carbocycles. The molecule has 104 heavy (non-hydrogen) atoms. The van der Waals surface area contributed by atoms with E-state index in [9.17, 15) is 73.8 Å². The van der Waals surface area contributed by atoms with Crippen LogP contribution in [0.3, 0.4) is 0 Å². The van der Waals surface area contributed by atoms with E-state index < -0.39 is 113 Å². The van der Waals surface area contributed by atoms with Gasteiger partial charge in [0.05, 0.1) is 38.7 Å². The lowest BCUT2D eigenvalue weighted by atomic mass is 9.82. The fourth-order valence-electron chi connectivity index (χ4n) is 12.0. The Morgan fingerprint density at radius 2 is 0.942 bits per heavy atom. The summed E-state index contributed by atoms with van der Waals surface area (Å²) in [6.07, 6.45) is -11.9. The first-order valence-corrected chi connectivity index (χ1v) is 33.1. The Kier molecular flexibility index (Phi) is 24.2. The number of benzene rings is 4. The molecule has 0 spiro atoms. The largest absolute Gasteiger partial charge is 0.508 e. The summed E-state index contributed by atoms with van der Waals surface area (Å²) < 4.78 is 66.6. The number of ketones is 3. The second-order valence-electron chi connectivity index (χ2n) is 27.8. The zero-order valence-electron chi connectivity index (χ0n) is 59.8. The molecule has 4 aromatic carbocycles. The van der Waals surface area contributed by atoms with Gasteiger partial charge in [0.2, 0.25) is 18.9 Å². The maximum absolute atomic E-state index is 13.0. The van der Waals surface area contributed by atoms with Gasteiger partial charge in [-0.2, -0.15) is 0 Å². The van der Waals surface area contributed by atoms with Gasteiger partial charge in [0, 0.05) is 71.2 Å². The van der Waals surface area contributed by atoms with Crippen LogP contribution in [0.5, 0.6) is 34.5 Å². The van der Waals surface area contributed by atoms with E-state index in [-0.39, 0.29) is 127 Å². The second kappa shape index (κ2) is 31.7. The molecule has 0 saturated carbocycles. The molecule has 10 rings (SSSR count). The highest BCUT2D eigenvalue weighted by Gasteiger charge is 2.53. The summed E-state index contributed by atoms with van der Waals surface area (Å²) in [6.45, 7) is 24.0. The van der Waals surface area contributed by atoms with Gasteiger partial charge >= 0.3 is 35.2 Å². The third kappa shape index (κ3) is 18.2. The SMILES string of the molecule is CC(=O)Cc1c(O)c2ccc(OC3OC(C)(C)[C@H](C)[C@H](OC(N)=O)[C@@H]3O)c(C)c2oc1=O.CC(=O)Cc1c(O)c2ccc(OC3OC(C)(C)[C@H](C)[C@H](OC(N)=O)[C@@H]3O)cc2oc1=O.CC(C)=CCc1cc(C(=O)Cc2cc3ccc(OC4OC(C)(C)[C@H](C)[C@H](OC(N)=O)[C@@H]4O)cc3oc2=O)ccc1O. The molecule has 3 saturated heterocycles. The summed E-state index contributed by atoms with van der Waals surface area (Å²) >= 11 is 0. The number of ether oxygens (including phenoxy) is 9. The van der Waals surface area contributed by atoms with Gasteiger partial charge in [0.15, 0.2) is 24.1 Å². The molecule has 0 radical (unpaired) electrons. The number of fused-ring (bicyclic) bond motifs is 3. The third-order valence-electron chi connectivity index (χ3n) is 18.8. The summed E-state index contributed by atoms with van der Waals surface area (Å²) in [5, 5.41) is 64.2. The molecule has 12 N–H and O–H groups in total. The standard InChI is InChI=1S/C31H35NO9.C22H27NO9.C21H25NO9/c1-16(2)6-7-18-12-19(9-11-23(18)33)24(34)14-21-13-20-8-10-22(15-25(20)39-28(21)36)38-29-26(35)27(40-30(32)37)17(3)31(4,5)41-29;1-9(24)8-13-15(25)12-6-7-14(10(2)17(12)30-19(13)27)29-20-16(26)18(31-21(23)28)11(3)22(4,5)32-20;1-9(23)7-13-15(24)12-6-5-11(8-14(12)29-18(13)26)28-19-16(25)17(30-20(22)27)10(2)21(3,4)31-19/h6,8-13,15,17,26-27,29,33,35H,7,14H2,1-5H3,(H2,32,37);6-7,11,16,18,20,25-26H,8H2,1-5H3,(H2,23,28);5-6,8,10,16-17,19,24-25H,7H2,1-4H3,(H2,22,27)/t17-,26+,27+,29?;11-,16+,18+,20?;10-,16+,17+,19?/m111/s1. The number of aryl methyl sites for hydroxylation is 1. The predicted octanol–water partition coefficient (Wildman–Crippen LogP) is 7.93. The number of hydrogen-bond donors (Lipinski definition) is 9. The highest BCUT2D eigenvalue weighted by molar-refractivity contribution is 5.98. The van der Waals surface area contributed by atoms with Crippen LogP contribution in [0.2, 0.25) is 0 Å². The Hall–Kier alpha value is -10.4. The quantitative estimate of drug-likeness (QED) is 0.0170. The fraction of sp³-hybridized carbons (Fsp3) is 0.446. The highest BCUT2D eigenvalue weighted by Crippen LogP contribution is 2.42. The number of aliphatic hydroxyl groups is 3. The molecule has 30 nitrogen and oxygen atoms in total. The van der Waals surface area contributed by atoms with E-state index in [1.165, 1.54) is 62.4 Å². The first kappa shape index (κ1) is 79.3. The van der Waals surface area contributed by atoms with E-state index in [2.05, 4.69) is 0 Å². The number of nitrogens with two attached hydrogens (primary N) is 3. The summed E-state index contributed by atoms with van der Waals surface area (Å²) in [5.74, 6) is -1.99. The number of hydrogen-bond acceptors (Lipinski definition) is 27. The number of amides is 3. The van der Waals surface area contributed by atoms with E-state index in [1.54, 1.807) is 93.5 Å². The van der Waals surface area contributed by atoms with Crippen LogP contribution in [-0.4, -0.2) is 139 Å². The molecule has 6 heterocycles. The van der Waals surface area contributed by atoms with Gasteiger partial charge in [-0.15, -0.1) is 0 Å². The average molecular weight is 1450 g/mol. The summed E-state index contributed by atoms with van der Waals surface area (Å²) in [4.78, 5) is 107. The number of aliphatic hydroxyl groups excluding tert-OH is 3. The van der Waals surface area contributed by atoms with E-state index in [4.69, 9.17) is 73.1 Å². The van der Waals surface area contributed by atoms with Crippen LogP contribution >= 0.6 is 0 Å². The number of phenolic OH excluding ortho intramolecular Hbond substituents is 1. The van der Waals surface area contributed by atoms with Crippen LogP contribution in [0.25, 0.3) is 32.9 Å². The fourth-order valence-corrected chi connectivity index (χ4v) is 12.0. The van der Waals surface area contributed by atoms with Crippen LogP contribution in [0.4, 0.5) is 14.4 Å². The van der Waals surface area contributed by atoms with E-state index in [1.807, 2.05) is 19.9 Å². The number of allylic oxidation sites excluding steroid dienone is 2. The van der Waals surface area contributed by atoms with Crippen molar-refractivity contribution in [1.29, 1.82) is 0 Å². The molecule has 3 fully saturated rings. The van der Waals surface area contributed by atoms with E-state index in [0.717, 1.165) is 5.57 Å². The lowest BCUT2D eigenvalue weighted by Crippen LogP contribution is -2.61. The average Bonchev–Trinajstić information content (AvgIpc) is 0.775. The number of carbonyl (C=O) groups is 6. The van der Waals surface area contributed by atoms with Gasteiger partial charge in [-0.05, 0) is 149 Å². The van der Waals surface area contributed by atoms with Crippen molar-refractivity contribution >= 4 is 68.5 Å². The van der Waals surface area contributed by atoms with Gasteiger partial charge in [-0.25, -0.2) is 28.8 Å². The van der Waals surface area contributed by atoms with Gasteiger partial charge in [-0.3, -0.25) is 14.4 Å². The molecule has 3 aliphatic rings. The lowest BCUT2D eigenvalue weighted by Gasteiger charge is -2.47. The number of aromatic hydroxyl groups is 3. The van der Waals surface area contributed by atoms with Crippen LogP contribution < -0.4 is 48.3 Å². The monoisotopic (exact) mass is 1450 g/mol. The molecule has 30 heteroatoms. The molecule has 3 aromatic heterocycles. The van der Waals surface area contributed by atoms with Gasteiger partial charge in [0.25, 0.3) is 0 Å². The minimum Gasteiger partial charge on any atom is -0.508 e. The van der Waals surface area contributed by atoms with Crippen molar-refractivity contribution in [3.63, 3.8) is 0 Å². The number of carbonyl (C=O) groups excluding carboxylic acids is 6. The zero-order valence-corrected chi connectivity index (χ0v) is 59.8. The van der Waals surface area contributed by atoms with Crippen LogP contribution in [-0.2, 0) is 63.7 Å². The number of rotatable bonds is 18. The lowest BCUT2D eigenvalue weighted by molar-refractivity contribution is -0.284. The van der Waals surface area contributed by atoms with Gasteiger partial charge in [-0.1, -0.05) is 32.4 Å². The molecule has 560 valence electrons. The van der Waals surface area contributed by atoms with Crippen LogP contribution in [0.1, 0.15) is 128 Å². The Morgan fingerprint density at radius 1 is 0.510 bits per heavy atom. The van der Waals surface area contributed by atoms with Crippen molar-refractivity contribution in [2.75, 3.05) is 0 Å². The molecular formula is C74H87N3O27. The van der Waals surface area contributed by atoms with Crippen LogP contribution in [0.15, 0.2) is 112 Å². The Balaban J connectivity index is 0.000000200. The maximum atomic E-state index is 13.0. The van der Waals surface area contributed by atoms with E-state index in [0.29, 0.717) is 28.5 Å². The molecule has 0 bridgehead atoms. The summed E-state index contributed by atoms with van der Waals surface area (Å²) in [5.41, 5.74) is 13.3. The second-order valence-corrected chi connectivity index (χ2v) is 27.8. The Morgan fingerprint density at radius 3 is 1.41 bits per heavy atom. The van der Waals surface area contributed by atoms with Crippen molar-refractivity contribution in [3.8, 4) is 34.5 Å². The molecule has 3 aliphatic heterocycles. The zero-order chi connectivity index (χ0) is 77.1. The third-order valence-corrected chi connectivity index (χ3v) is 18.8. The first-order chi connectivity index (χ1) is 48.5. The van der Waals surface area contributed by atoms with Gasteiger partial charge in [0.1, 0.15) is 81.1 Å².